The van der Waals surface area contributed by atoms with Gasteiger partial charge in [0.1, 0.15) is 0 Å². The lowest BCUT2D eigenvalue weighted by atomic mass is 9.67. The molecule has 0 amide bonds. The Labute approximate surface area is 188 Å². The van der Waals surface area contributed by atoms with Crippen molar-refractivity contribution in [2.45, 2.75) is 18.3 Å². The summed E-state index contributed by atoms with van der Waals surface area (Å²) in [4.78, 5) is 0. The highest BCUT2D eigenvalue weighted by Crippen LogP contribution is 2.43. The highest BCUT2D eigenvalue weighted by molar-refractivity contribution is 6.30. The van der Waals surface area contributed by atoms with Gasteiger partial charge < -0.3 is 5.32 Å². The maximum Gasteiger partial charge on any atom is 0.0622 e. The van der Waals surface area contributed by atoms with Gasteiger partial charge in [-0.2, -0.15) is 5.26 Å². The monoisotopic (exact) mass is 422 g/mol. The van der Waals surface area contributed by atoms with Crippen molar-refractivity contribution in [3.63, 3.8) is 0 Å². The van der Waals surface area contributed by atoms with Gasteiger partial charge in [-0.25, -0.2) is 0 Å². The first-order valence-electron chi connectivity index (χ1n) is 10.3. The fraction of sp³-hybridized carbons (Fsp3) is 0.107. The molecule has 0 aliphatic rings. The van der Waals surface area contributed by atoms with Gasteiger partial charge in [-0.3, -0.25) is 0 Å². The molecule has 4 aromatic rings. The number of halogens is 1. The van der Waals surface area contributed by atoms with E-state index in [9.17, 15) is 5.26 Å². The molecule has 0 aliphatic heterocycles. The van der Waals surface area contributed by atoms with Crippen molar-refractivity contribution in [1.29, 1.82) is 5.26 Å². The zero-order valence-electron chi connectivity index (χ0n) is 17.1. The summed E-state index contributed by atoms with van der Waals surface area (Å²) in [7, 11) is 0. The van der Waals surface area contributed by atoms with Crippen LogP contribution in [0, 0.1) is 11.3 Å². The summed E-state index contributed by atoms with van der Waals surface area (Å²) in [5.74, 6) is 0. The van der Waals surface area contributed by atoms with Crippen LogP contribution in [0.25, 0.3) is 0 Å². The molecule has 4 aromatic carbocycles. The molecule has 0 bridgehead atoms. The molecule has 0 saturated carbocycles. The Morgan fingerprint density at radius 3 is 1.58 bits per heavy atom. The average molecular weight is 423 g/mol. The molecule has 4 rings (SSSR count). The van der Waals surface area contributed by atoms with Crippen molar-refractivity contribution >= 4 is 23.0 Å². The van der Waals surface area contributed by atoms with Crippen LogP contribution in [0.4, 0.5) is 11.4 Å². The molecule has 0 aromatic heterocycles. The number of hydrogen-bond donors (Lipinski definition) is 1. The van der Waals surface area contributed by atoms with Gasteiger partial charge in [0.15, 0.2) is 0 Å². The number of rotatable bonds is 7. The molecule has 0 unspecified atom stereocenters. The van der Waals surface area contributed by atoms with Crippen LogP contribution in [0.1, 0.15) is 29.5 Å². The fourth-order valence-corrected chi connectivity index (χ4v) is 4.29. The van der Waals surface area contributed by atoms with Gasteiger partial charge in [-0.1, -0.05) is 84.4 Å². The first-order chi connectivity index (χ1) is 15.2. The second-order valence-electron chi connectivity index (χ2n) is 7.50. The molecule has 0 spiro atoms. The lowest BCUT2D eigenvalue weighted by Crippen LogP contribution is -2.29. The minimum absolute atomic E-state index is 0.392. The fourth-order valence-electron chi connectivity index (χ4n) is 4.16. The van der Waals surface area contributed by atoms with E-state index in [0.717, 1.165) is 11.4 Å². The van der Waals surface area contributed by atoms with Gasteiger partial charge in [-0.15, -0.1) is 0 Å². The largest absolute Gasteiger partial charge is 0.356 e. The van der Waals surface area contributed by atoms with Crippen LogP contribution in [0.2, 0.25) is 5.02 Å². The summed E-state index contributed by atoms with van der Waals surface area (Å²) in [6.45, 7) is 0. The van der Waals surface area contributed by atoms with Gasteiger partial charge in [0, 0.05) is 28.2 Å². The molecular formula is C28H23ClN2. The maximum atomic E-state index is 9.43. The predicted molar refractivity (Wildman–Crippen MR) is 129 cm³/mol. The molecule has 31 heavy (non-hydrogen) atoms. The zero-order valence-corrected chi connectivity index (χ0v) is 17.9. The summed E-state index contributed by atoms with van der Waals surface area (Å²) in [6.07, 6.45) is 1.18. The first-order valence-corrected chi connectivity index (χ1v) is 10.7. The molecule has 3 heteroatoms. The van der Waals surface area contributed by atoms with Crippen LogP contribution in [0.5, 0.6) is 0 Å². The second-order valence-corrected chi connectivity index (χ2v) is 7.94. The summed E-state index contributed by atoms with van der Waals surface area (Å²) in [6, 6.07) is 39.5. The summed E-state index contributed by atoms with van der Waals surface area (Å²) < 4.78 is 0. The third kappa shape index (κ3) is 4.48. The van der Waals surface area contributed by atoms with Gasteiger partial charge in [-0.05, 0) is 59.5 Å². The normalized spacial score (nSPS) is 11.0. The minimum atomic E-state index is -0.392. The van der Waals surface area contributed by atoms with Crippen molar-refractivity contribution in [2.75, 3.05) is 5.32 Å². The number of nitrogens with one attached hydrogen (secondary N) is 1. The molecule has 1 N–H and O–H groups in total. The molecule has 0 saturated heterocycles. The highest BCUT2D eigenvalue weighted by Gasteiger charge is 2.35. The van der Waals surface area contributed by atoms with Gasteiger partial charge in [0.25, 0.3) is 0 Å². The Balaban J connectivity index is 1.78. The van der Waals surface area contributed by atoms with Crippen LogP contribution >= 0.6 is 11.6 Å². The summed E-state index contributed by atoms with van der Waals surface area (Å²) in [5, 5.41) is 13.6. The Kier molecular flexibility index (Phi) is 6.36. The quantitative estimate of drug-likeness (QED) is 0.309. The zero-order chi connectivity index (χ0) is 21.5. The molecule has 0 aliphatic carbocycles. The van der Waals surface area contributed by atoms with Gasteiger partial charge in [0.05, 0.1) is 6.07 Å². The third-order valence-corrected chi connectivity index (χ3v) is 5.91. The topological polar surface area (TPSA) is 35.8 Å². The maximum absolute atomic E-state index is 9.43. The molecular weight excluding hydrogens is 400 g/mol. The Morgan fingerprint density at radius 2 is 1.10 bits per heavy atom. The Bertz CT molecular complexity index is 1110. The molecule has 0 atom stereocenters. The summed E-state index contributed by atoms with van der Waals surface area (Å²) in [5.41, 5.74) is 5.14. The average Bonchev–Trinajstić information content (AvgIpc) is 2.83. The second kappa shape index (κ2) is 9.51. The van der Waals surface area contributed by atoms with Crippen molar-refractivity contribution in [2.24, 2.45) is 0 Å². The van der Waals surface area contributed by atoms with Crippen molar-refractivity contribution < 1.29 is 0 Å². The van der Waals surface area contributed by atoms with Crippen molar-refractivity contribution in [1.82, 2.24) is 0 Å². The standard InChI is InChI=1S/C28H23ClN2/c29-25-14-18-27(19-15-25)31-26-16-12-24(13-17-26)28(20-7-21-30,22-8-3-1-4-9-22)23-10-5-2-6-11-23/h1-6,8-19,31H,7,20H2. The van der Waals surface area contributed by atoms with E-state index in [1.807, 2.05) is 36.4 Å². The van der Waals surface area contributed by atoms with E-state index in [0.29, 0.717) is 17.9 Å². The molecule has 0 fully saturated rings. The molecule has 0 radical (unpaired) electrons. The predicted octanol–water partition coefficient (Wildman–Crippen LogP) is 7.72. The van der Waals surface area contributed by atoms with Crippen LogP contribution in [0.15, 0.2) is 109 Å². The Morgan fingerprint density at radius 1 is 0.645 bits per heavy atom. The van der Waals surface area contributed by atoms with E-state index in [2.05, 4.69) is 84.2 Å². The lowest BCUT2D eigenvalue weighted by Gasteiger charge is -2.35. The van der Waals surface area contributed by atoms with E-state index < -0.39 is 5.41 Å². The SMILES string of the molecule is N#CCCC(c1ccccc1)(c1ccccc1)c1ccc(Nc2ccc(Cl)cc2)cc1. The summed E-state index contributed by atoms with van der Waals surface area (Å²) >= 11 is 5.99. The molecule has 152 valence electrons. The van der Waals surface area contributed by atoms with Crippen LogP contribution in [-0.4, -0.2) is 0 Å². The smallest absolute Gasteiger partial charge is 0.0622 e. The molecule has 0 heterocycles. The minimum Gasteiger partial charge on any atom is -0.356 e. The van der Waals surface area contributed by atoms with Crippen molar-refractivity contribution in [3.05, 3.63) is 131 Å². The number of hydrogen-bond acceptors (Lipinski definition) is 2. The van der Waals surface area contributed by atoms with Crippen LogP contribution < -0.4 is 5.32 Å². The third-order valence-electron chi connectivity index (χ3n) is 5.66. The van der Waals surface area contributed by atoms with E-state index in [4.69, 9.17) is 11.6 Å². The highest BCUT2D eigenvalue weighted by atomic mass is 35.5. The number of benzene rings is 4. The van der Waals surface area contributed by atoms with Crippen LogP contribution in [0.3, 0.4) is 0 Å². The van der Waals surface area contributed by atoms with E-state index in [1.54, 1.807) is 0 Å². The van der Waals surface area contributed by atoms with E-state index in [1.165, 1.54) is 16.7 Å². The Hall–Kier alpha value is -3.54. The van der Waals surface area contributed by atoms with E-state index >= 15 is 0 Å². The lowest BCUT2D eigenvalue weighted by molar-refractivity contribution is 0.569. The number of anilines is 2. The number of nitrogens with zero attached hydrogens (tertiary/aromatic N) is 1. The first kappa shape index (κ1) is 20.7. The van der Waals surface area contributed by atoms with Gasteiger partial charge in [0.2, 0.25) is 0 Å². The van der Waals surface area contributed by atoms with Crippen LogP contribution in [-0.2, 0) is 5.41 Å². The van der Waals surface area contributed by atoms with Crippen molar-refractivity contribution in [3.8, 4) is 6.07 Å². The molecule has 2 nitrogen and oxygen atoms in total. The number of nitriles is 1. The van der Waals surface area contributed by atoms with Gasteiger partial charge >= 0.3 is 0 Å². The van der Waals surface area contributed by atoms with E-state index in [-0.39, 0.29) is 0 Å².